The molecule has 0 fully saturated rings. The van der Waals surface area contributed by atoms with Crippen molar-refractivity contribution in [2.75, 3.05) is 13.8 Å². The van der Waals surface area contributed by atoms with Crippen LogP contribution in [0.2, 0.25) is 0 Å². The summed E-state index contributed by atoms with van der Waals surface area (Å²) in [6.07, 6.45) is 0. The predicted molar refractivity (Wildman–Crippen MR) is 45.8 cm³/mol. The molecule has 0 saturated carbocycles. The van der Waals surface area contributed by atoms with Crippen LogP contribution in [0.15, 0.2) is 12.1 Å². The van der Waals surface area contributed by atoms with E-state index in [2.05, 4.69) is 4.74 Å². The maximum absolute atomic E-state index is 13.1. The highest BCUT2D eigenvalue weighted by molar-refractivity contribution is 5.37. The molecule has 0 saturated heterocycles. The summed E-state index contributed by atoms with van der Waals surface area (Å²) in [7, 11) is 1.21. The van der Waals surface area contributed by atoms with Gasteiger partial charge in [0.25, 0.3) is 0 Å². The topological polar surface area (TPSA) is 35.2 Å². The van der Waals surface area contributed by atoms with Crippen molar-refractivity contribution < 1.29 is 17.9 Å². The van der Waals surface area contributed by atoms with Gasteiger partial charge < -0.3 is 10.5 Å². The molecule has 0 spiro atoms. The summed E-state index contributed by atoms with van der Waals surface area (Å²) in [6, 6.07) is 0.551. The summed E-state index contributed by atoms with van der Waals surface area (Å²) in [5.41, 5.74) is 5.31. The molecule has 1 aromatic carbocycles. The molecule has 78 valence electrons. The molecule has 0 aliphatic rings. The van der Waals surface area contributed by atoms with Gasteiger partial charge in [0, 0.05) is 11.6 Å². The maximum Gasteiger partial charge on any atom is 0.168 e. The van der Waals surface area contributed by atoms with Crippen LogP contribution in [0, 0.1) is 11.6 Å². The molecule has 0 bridgehead atoms. The minimum absolute atomic E-state index is 0.00694. The number of rotatable bonds is 3. The third kappa shape index (κ3) is 1.98. The molecule has 0 aromatic heterocycles. The van der Waals surface area contributed by atoms with E-state index in [0.29, 0.717) is 6.07 Å². The molecule has 1 unspecified atom stereocenters. The zero-order valence-corrected chi connectivity index (χ0v) is 7.56. The molecule has 2 N–H and O–H groups in total. The van der Waals surface area contributed by atoms with Crippen molar-refractivity contribution in [3.63, 3.8) is 0 Å². The maximum atomic E-state index is 13.1. The Bertz CT molecular complexity index is 330. The predicted octanol–water partition coefficient (Wildman–Crippen LogP) is 1.94. The van der Waals surface area contributed by atoms with Gasteiger partial charge >= 0.3 is 0 Å². The first-order valence-electron chi connectivity index (χ1n) is 3.94. The standard InChI is InChI=1S/C9H10F3NO/c1-14-9-6(8(13)4-10)2-5(11)3-7(9)12/h2-3,8H,4,13H2,1H3. The number of hydrogen-bond acceptors (Lipinski definition) is 2. The summed E-state index contributed by atoms with van der Waals surface area (Å²) in [5.74, 6) is -1.90. The van der Waals surface area contributed by atoms with Crippen molar-refractivity contribution in [2.45, 2.75) is 6.04 Å². The van der Waals surface area contributed by atoms with Crippen molar-refractivity contribution >= 4 is 0 Å². The lowest BCUT2D eigenvalue weighted by molar-refractivity contribution is 0.364. The second-order valence-corrected chi connectivity index (χ2v) is 2.77. The molecule has 0 heterocycles. The molecule has 0 radical (unpaired) electrons. The first-order chi connectivity index (χ1) is 6.60. The van der Waals surface area contributed by atoms with Crippen LogP contribution in [0.25, 0.3) is 0 Å². The average molecular weight is 205 g/mol. The molecule has 1 aromatic rings. The first-order valence-corrected chi connectivity index (χ1v) is 3.94. The van der Waals surface area contributed by atoms with Crippen molar-refractivity contribution in [1.29, 1.82) is 0 Å². The smallest absolute Gasteiger partial charge is 0.168 e. The van der Waals surface area contributed by atoms with Gasteiger partial charge in [-0.15, -0.1) is 0 Å². The van der Waals surface area contributed by atoms with E-state index in [-0.39, 0.29) is 11.3 Å². The Balaban J connectivity index is 3.24. The van der Waals surface area contributed by atoms with Gasteiger partial charge in [-0.3, -0.25) is 0 Å². The van der Waals surface area contributed by atoms with E-state index in [1.165, 1.54) is 7.11 Å². The monoisotopic (exact) mass is 205 g/mol. The third-order valence-electron chi connectivity index (χ3n) is 1.81. The molecule has 1 rings (SSSR count). The Kier molecular flexibility index (Phi) is 3.35. The van der Waals surface area contributed by atoms with Crippen molar-refractivity contribution in [2.24, 2.45) is 5.73 Å². The average Bonchev–Trinajstić information content (AvgIpc) is 2.15. The molecular weight excluding hydrogens is 195 g/mol. The van der Waals surface area contributed by atoms with Gasteiger partial charge in [0.1, 0.15) is 12.5 Å². The number of nitrogens with two attached hydrogens (primary N) is 1. The Morgan fingerprint density at radius 1 is 1.43 bits per heavy atom. The number of alkyl halides is 1. The Hall–Kier alpha value is -1.23. The Labute approximate surface area is 79.5 Å². The lowest BCUT2D eigenvalue weighted by Gasteiger charge is -2.13. The fourth-order valence-corrected chi connectivity index (χ4v) is 1.15. The van der Waals surface area contributed by atoms with Crippen LogP contribution in [0.5, 0.6) is 5.75 Å². The zero-order chi connectivity index (χ0) is 10.7. The first kappa shape index (κ1) is 10.8. The molecule has 0 aliphatic carbocycles. The SMILES string of the molecule is COc1c(F)cc(F)cc1C(N)CF. The number of hydrogen-bond donors (Lipinski definition) is 1. The van der Waals surface area contributed by atoms with Crippen LogP contribution >= 0.6 is 0 Å². The highest BCUT2D eigenvalue weighted by atomic mass is 19.1. The van der Waals surface area contributed by atoms with Gasteiger partial charge in [-0.1, -0.05) is 0 Å². The van der Waals surface area contributed by atoms with E-state index < -0.39 is 24.4 Å². The molecule has 1 atom stereocenters. The molecular formula is C9H10F3NO. The lowest BCUT2D eigenvalue weighted by atomic mass is 10.1. The highest BCUT2D eigenvalue weighted by Crippen LogP contribution is 2.28. The number of benzene rings is 1. The summed E-state index contributed by atoms with van der Waals surface area (Å²) in [6.45, 7) is -0.904. The van der Waals surface area contributed by atoms with E-state index in [0.717, 1.165) is 6.07 Å². The van der Waals surface area contributed by atoms with Gasteiger partial charge in [-0.2, -0.15) is 0 Å². The third-order valence-corrected chi connectivity index (χ3v) is 1.81. The molecule has 0 aliphatic heterocycles. The normalized spacial score (nSPS) is 12.6. The van der Waals surface area contributed by atoms with Crippen molar-refractivity contribution in [3.8, 4) is 5.75 Å². The van der Waals surface area contributed by atoms with Gasteiger partial charge in [0.15, 0.2) is 11.6 Å². The Morgan fingerprint density at radius 2 is 2.07 bits per heavy atom. The fraction of sp³-hybridized carbons (Fsp3) is 0.333. The summed E-state index contributed by atoms with van der Waals surface area (Å²) in [5, 5.41) is 0. The van der Waals surface area contributed by atoms with Crippen LogP contribution in [0.1, 0.15) is 11.6 Å². The summed E-state index contributed by atoms with van der Waals surface area (Å²) < 4.78 is 42.7. The minimum Gasteiger partial charge on any atom is -0.493 e. The van der Waals surface area contributed by atoms with Crippen LogP contribution in [-0.2, 0) is 0 Å². The molecule has 14 heavy (non-hydrogen) atoms. The van der Waals surface area contributed by atoms with Gasteiger partial charge in [-0.05, 0) is 6.07 Å². The van der Waals surface area contributed by atoms with E-state index in [4.69, 9.17) is 5.73 Å². The van der Waals surface area contributed by atoms with Crippen LogP contribution in [-0.4, -0.2) is 13.8 Å². The number of methoxy groups -OCH3 is 1. The van der Waals surface area contributed by atoms with Crippen LogP contribution < -0.4 is 10.5 Å². The Morgan fingerprint density at radius 3 is 2.57 bits per heavy atom. The lowest BCUT2D eigenvalue weighted by Crippen LogP contribution is -2.14. The van der Waals surface area contributed by atoms with Crippen LogP contribution in [0.3, 0.4) is 0 Å². The summed E-state index contributed by atoms with van der Waals surface area (Å²) in [4.78, 5) is 0. The van der Waals surface area contributed by atoms with Crippen LogP contribution in [0.4, 0.5) is 13.2 Å². The second-order valence-electron chi connectivity index (χ2n) is 2.77. The number of ether oxygens (including phenoxy) is 1. The van der Waals surface area contributed by atoms with Crippen molar-refractivity contribution in [1.82, 2.24) is 0 Å². The van der Waals surface area contributed by atoms with E-state index in [9.17, 15) is 13.2 Å². The second kappa shape index (κ2) is 4.32. The van der Waals surface area contributed by atoms with Crippen molar-refractivity contribution in [3.05, 3.63) is 29.3 Å². The largest absolute Gasteiger partial charge is 0.493 e. The van der Waals surface area contributed by atoms with Gasteiger partial charge in [-0.25, -0.2) is 13.2 Å². The molecule has 2 nitrogen and oxygen atoms in total. The van der Waals surface area contributed by atoms with Gasteiger partial charge in [0.05, 0.1) is 13.2 Å². The molecule has 0 amide bonds. The number of halogens is 3. The van der Waals surface area contributed by atoms with E-state index in [1.807, 2.05) is 0 Å². The fourth-order valence-electron chi connectivity index (χ4n) is 1.15. The quantitative estimate of drug-likeness (QED) is 0.818. The minimum atomic E-state index is -1.07. The van der Waals surface area contributed by atoms with E-state index in [1.54, 1.807) is 0 Å². The molecule has 5 heteroatoms. The summed E-state index contributed by atoms with van der Waals surface area (Å²) >= 11 is 0. The van der Waals surface area contributed by atoms with Gasteiger partial charge in [0.2, 0.25) is 0 Å². The zero-order valence-electron chi connectivity index (χ0n) is 7.56. The highest BCUT2D eigenvalue weighted by Gasteiger charge is 2.17. The van der Waals surface area contributed by atoms with E-state index >= 15 is 0 Å².